The number of aliphatic carboxylic acids is 1. The van der Waals surface area contributed by atoms with Gasteiger partial charge >= 0.3 is 149 Å². The maximum atomic E-state index is 11.0. The molecule has 1 aromatic carbocycles. The number of halogens is 1. The van der Waals surface area contributed by atoms with Gasteiger partial charge in [0.15, 0.2) is 0 Å². The van der Waals surface area contributed by atoms with Crippen molar-refractivity contribution in [2.45, 2.75) is 6.92 Å². The van der Waals surface area contributed by atoms with E-state index >= 15 is 0 Å². The van der Waals surface area contributed by atoms with Gasteiger partial charge in [-0.15, -0.1) is 0 Å². The van der Waals surface area contributed by atoms with Gasteiger partial charge in [0.25, 0.3) is 0 Å². The maximum absolute atomic E-state index is 11.0. The molecule has 1 aliphatic heterocycles. The first-order valence-corrected chi connectivity index (χ1v) is 10.6. The van der Waals surface area contributed by atoms with Crippen molar-refractivity contribution >= 4 is 53.8 Å². The fraction of sp³-hybridized carbons (Fsp3) is 0.188. The molecule has 3 rings (SSSR count). The molecular formula is C16H14ClN3O2Sn. The molecule has 0 saturated heterocycles. The Morgan fingerprint density at radius 1 is 1.43 bits per heavy atom. The minimum atomic E-state index is -0.894. The normalized spacial score (nSPS) is 14.1. The Morgan fingerprint density at radius 2 is 2.26 bits per heavy atom. The summed E-state index contributed by atoms with van der Waals surface area (Å²) in [5, 5.41) is 12.9. The number of carbonyl (C=O) groups is 1. The third kappa shape index (κ3) is 3.50. The van der Waals surface area contributed by atoms with Gasteiger partial charge in [0.05, 0.1) is 0 Å². The standard InChI is InChI=1S/C16H14ClN3O2.Sn/c1-10(16(21)22)7-19-15-14(8-18-9-20-15)11(2)12-4-3-5-13(17)6-12;/h2-6,9-10H,7H2,1H3,(H,21,22)(H,18,19,20);. The molecule has 0 saturated carbocycles. The van der Waals surface area contributed by atoms with Gasteiger partial charge in [-0.3, -0.25) is 0 Å². The molecule has 1 atom stereocenters. The molecule has 2 heterocycles. The van der Waals surface area contributed by atoms with Crippen LogP contribution < -0.4 is 9.03 Å². The Balaban J connectivity index is 1.93. The van der Waals surface area contributed by atoms with Crippen LogP contribution in [0.2, 0.25) is 5.02 Å². The molecule has 5 nitrogen and oxygen atoms in total. The van der Waals surface area contributed by atoms with Crippen molar-refractivity contribution in [3.8, 4) is 0 Å². The second-order valence-corrected chi connectivity index (χ2v) is 8.71. The van der Waals surface area contributed by atoms with E-state index < -0.39 is 33.0 Å². The van der Waals surface area contributed by atoms with Crippen molar-refractivity contribution in [3.05, 3.63) is 50.8 Å². The first-order valence-electron chi connectivity index (χ1n) is 7.11. The van der Waals surface area contributed by atoms with Gasteiger partial charge in [-0.25, -0.2) is 0 Å². The molecule has 23 heavy (non-hydrogen) atoms. The van der Waals surface area contributed by atoms with Gasteiger partial charge < -0.3 is 0 Å². The fourth-order valence-electron chi connectivity index (χ4n) is 2.32. The molecule has 0 spiro atoms. The summed E-state index contributed by atoms with van der Waals surface area (Å²) in [5.41, 5.74) is 3.14. The molecule has 1 unspecified atom stereocenters. The fourth-order valence-corrected chi connectivity index (χ4v) is 5.71. The van der Waals surface area contributed by atoms with Crippen LogP contribution in [0.5, 0.6) is 0 Å². The quantitative estimate of drug-likeness (QED) is 0.705. The van der Waals surface area contributed by atoms with E-state index in [0.717, 1.165) is 20.4 Å². The van der Waals surface area contributed by atoms with Crippen molar-refractivity contribution in [2.75, 3.05) is 11.9 Å². The number of anilines is 1. The van der Waals surface area contributed by atoms with Crippen LogP contribution in [-0.4, -0.2) is 48.7 Å². The van der Waals surface area contributed by atoms with Crippen LogP contribution in [-0.2, 0) is 4.79 Å². The average Bonchev–Trinajstić information content (AvgIpc) is 2.97. The van der Waals surface area contributed by atoms with E-state index in [-0.39, 0.29) is 0 Å². The number of benzene rings is 1. The van der Waals surface area contributed by atoms with Crippen molar-refractivity contribution in [1.82, 2.24) is 9.97 Å². The van der Waals surface area contributed by atoms with Crippen LogP contribution in [0.15, 0.2) is 34.7 Å². The summed E-state index contributed by atoms with van der Waals surface area (Å²) in [6.07, 6.45) is 1.54. The number of rotatable bonds is 5. The number of carboxylic acids is 1. The minimum absolute atomic E-state index is 0.326. The number of carboxylic acid groups (broad SMARTS) is 1. The van der Waals surface area contributed by atoms with Crippen LogP contribution >= 0.6 is 11.6 Å². The van der Waals surface area contributed by atoms with Gasteiger partial charge in [-0.2, -0.15) is 0 Å². The molecular weight excluding hydrogens is 420 g/mol. The summed E-state index contributed by atoms with van der Waals surface area (Å²) < 4.78 is 3.37. The molecule has 1 aromatic heterocycles. The molecule has 0 fully saturated rings. The second kappa shape index (κ2) is 6.88. The third-order valence-corrected chi connectivity index (χ3v) is 6.94. The van der Waals surface area contributed by atoms with Crippen molar-refractivity contribution < 1.29 is 9.90 Å². The van der Waals surface area contributed by atoms with E-state index in [4.69, 9.17) is 16.7 Å². The number of hydrogen-bond acceptors (Lipinski definition) is 4. The molecule has 2 aromatic rings. The Kier molecular flexibility index (Phi) is 4.87. The van der Waals surface area contributed by atoms with E-state index in [1.165, 1.54) is 0 Å². The van der Waals surface area contributed by atoms with Gasteiger partial charge in [-0.05, 0) is 0 Å². The summed E-state index contributed by atoms with van der Waals surface area (Å²) >= 11 is 5.21. The van der Waals surface area contributed by atoms with Gasteiger partial charge in [-0.1, -0.05) is 0 Å². The Bertz CT molecular complexity index is 795. The first-order chi connectivity index (χ1) is 11.1. The first kappa shape index (κ1) is 16.3. The Labute approximate surface area is 149 Å². The summed E-state index contributed by atoms with van der Waals surface area (Å²) in [6, 6.07) is 7.71. The number of aromatic nitrogens is 2. The van der Waals surface area contributed by atoms with E-state index in [0.29, 0.717) is 17.4 Å². The van der Waals surface area contributed by atoms with Crippen LogP contribution in [0.1, 0.15) is 18.1 Å². The van der Waals surface area contributed by atoms with Crippen molar-refractivity contribution in [2.24, 2.45) is 5.92 Å². The van der Waals surface area contributed by atoms with Gasteiger partial charge in [0, 0.05) is 0 Å². The molecule has 0 aliphatic carbocycles. The third-order valence-electron chi connectivity index (χ3n) is 3.60. The predicted octanol–water partition coefficient (Wildman–Crippen LogP) is 1.99. The van der Waals surface area contributed by atoms with Gasteiger partial charge in [0.2, 0.25) is 0 Å². The molecule has 1 aliphatic rings. The van der Waals surface area contributed by atoms with Gasteiger partial charge in [0.1, 0.15) is 0 Å². The topological polar surface area (TPSA) is 75.1 Å². The zero-order valence-electron chi connectivity index (χ0n) is 12.4. The van der Waals surface area contributed by atoms with E-state index in [9.17, 15) is 4.79 Å². The zero-order valence-corrected chi connectivity index (χ0v) is 16.0. The van der Waals surface area contributed by atoms with Crippen molar-refractivity contribution in [3.63, 3.8) is 0 Å². The molecule has 7 heteroatoms. The van der Waals surface area contributed by atoms with E-state index in [1.54, 1.807) is 13.3 Å². The number of hydrogen-bond donors (Lipinski definition) is 2. The molecule has 116 valence electrons. The molecule has 0 amide bonds. The molecule has 2 N–H and O–H groups in total. The number of fused-ring (bicyclic) bond motifs is 1. The monoisotopic (exact) mass is 435 g/mol. The van der Waals surface area contributed by atoms with Crippen LogP contribution in [0.4, 0.5) is 5.82 Å². The van der Waals surface area contributed by atoms with E-state index in [1.807, 2.05) is 24.3 Å². The predicted molar refractivity (Wildman–Crippen MR) is 91.2 cm³/mol. The average molecular weight is 434 g/mol. The SMILES string of the molecule is CC(CNc1ncn[c]2c1C(c1cccc(Cl)c1)=[CH][Sn]2)C(=O)O. The second-order valence-electron chi connectivity index (χ2n) is 5.28. The summed E-state index contributed by atoms with van der Waals surface area (Å²) in [5.74, 6) is -0.612. The summed E-state index contributed by atoms with van der Waals surface area (Å²) in [6.45, 7) is 1.99. The van der Waals surface area contributed by atoms with E-state index in [2.05, 4.69) is 19.4 Å². The molecule has 2 radical (unpaired) electrons. The Hall–Kier alpha value is -1.60. The summed E-state index contributed by atoms with van der Waals surface area (Å²) in [7, 11) is 0. The summed E-state index contributed by atoms with van der Waals surface area (Å²) in [4.78, 5) is 19.7. The van der Waals surface area contributed by atoms with Crippen LogP contribution in [0.3, 0.4) is 0 Å². The zero-order chi connectivity index (χ0) is 16.4. The number of nitrogens with one attached hydrogen (secondary N) is 1. The Morgan fingerprint density at radius 3 is 3.00 bits per heavy atom. The van der Waals surface area contributed by atoms with Crippen molar-refractivity contribution in [1.29, 1.82) is 0 Å². The van der Waals surface area contributed by atoms with Crippen LogP contribution in [0, 0.1) is 5.92 Å². The molecule has 0 bridgehead atoms. The van der Waals surface area contributed by atoms with Crippen LogP contribution in [0.25, 0.3) is 5.57 Å². The number of nitrogens with zero attached hydrogens (tertiary/aromatic N) is 2.